The van der Waals surface area contributed by atoms with E-state index in [4.69, 9.17) is 9.47 Å². The van der Waals surface area contributed by atoms with E-state index in [1.54, 1.807) is 65.8 Å². The standard InChI is InChI=1S/C27H32N2O6/c1-26(2,3)34-24(32)28-19-14-12-18(13-15-19)21-22(30)20(16-17-10-8-7-9-11-17)29(23(21)31)25(33)35-27(4,5)6/h7-15,20,30H,16H2,1-6H3,(H,28,32)/t20-/m0/s1. The molecule has 1 aliphatic rings. The molecule has 8 heteroatoms. The van der Waals surface area contributed by atoms with E-state index in [1.165, 1.54) is 0 Å². The first-order chi connectivity index (χ1) is 16.2. The summed E-state index contributed by atoms with van der Waals surface area (Å²) in [5.74, 6) is -0.858. The lowest BCUT2D eigenvalue weighted by Gasteiger charge is -2.27. The highest BCUT2D eigenvalue weighted by Crippen LogP contribution is 2.35. The Labute approximate surface area is 205 Å². The molecule has 8 nitrogen and oxygen atoms in total. The maximum atomic E-state index is 13.4. The lowest BCUT2D eigenvalue weighted by atomic mass is 10.0. The van der Waals surface area contributed by atoms with E-state index >= 15 is 0 Å². The number of hydrogen-bond donors (Lipinski definition) is 2. The summed E-state index contributed by atoms with van der Waals surface area (Å²) < 4.78 is 10.7. The van der Waals surface area contributed by atoms with E-state index in [9.17, 15) is 19.5 Å². The Morgan fingerprint density at radius 2 is 1.49 bits per heavy atom. The van der Waals surface area contributed by atoms with Crippen LogP contribution in [0.15, 0.2) is 60.4 Å². The molecule has 0 saturated carbocycles. The second-order valence-corrected chi connectivity index (χ2v) is 10.3. The molecule has 1 atom stereocenters. The van der Waals surface area contributed by atoms with E-state index < -0.39 is 35.3 Å². The second kappa shape index (κ2) is 9.82. The molecule has 0 aliphatic carbocycles. The van der Waals surface area contributed by atoms with Gasteiger partial charge in [0.05, 0.1) is 5.57 Å². The Morgan fingerprint density at radius 1 is 0.914 bits per heavy atom. The summed E-state index contributed by atoms with van der Waals surface area (Å²) in [4.78, 5) is 39.3. The molecule has 3 rings (SSSR count). The van der Waals surface area contributed by atoms with Crippen molar-refractivity contribution in [3.8, 4) is 0 Å². The fourth-order valence-corrected chi connectivity index (χ4v) is 3.62. The van der Waals surface area contributed by atoms with E-state index in [0.717, 1.165) is 10.5 Å². The van der Waals surface area contributed by atoms with Crippen LogP contribution in [-0.2, 0) is 20.7 Å². The first-order valence-corrected chi connectivity index (χ1v) is 11.4. The number of carbonyl (C=O) groups is 3. The highest BCUT2D eigenvalue weighted by atomic mass is 16.6. The van der Waals surface area contributed by atoms with Gasteiger partial charge in [0.25, 0.3) is 5.91 Å². The van der Waals surface area contributed by atoms with Crippen LogP contribution < -0.4 is 5.32 Å². The topological polar surface area (TPSA) is 105 Å². The van der Waals surface area contributed by atoms with Crippen molar-refractivity contribution in [1.29, 1.82) is 0 Å². The minimum Gasteiger partial charge on any atom is -0.509 e. The van der Waals surface area contributed by atoms with Gasteiger partial charge < -0.3 is 14.6 Å². The number of rotatable bonds is 4. The lowest BCUT2D eigenvalue weighted by Crippen LogP contribution is -2.44. The normalized spacial score (nSPS) is 16.3. The molecule has 0 bridgehead atoms. The number of imide groups is 1. The van der Waals surface area contributed by atoms with Gasteiger partial charge in [-0.1, -0.05) is 42.5 Å². The van der Waals surface area contributed by atoms with Crippen molar-refractivity contribution < 1.29 is 29.0 Å². The molecule has 0 spiro atoms. The summed E-state index contributed by atoms with van der Waals surface area (Å²) in [7, 11) is 0. The Kier molecular flexibility index (Phi) is 7.24. The van der Waals surface area contributed by atoms with Crippen LogP contribution in [0, 0.1) is 0 Å². The monoisotopic (exact) mass is 480 g/mol. The molecular formula is C27H32N2O6. The van der Waals surface area contributed by atoms with Gasteiger partial charge in [0, 0.05) is 12.1 Å². The first kappa shape index (κ1) is 25.8. The molecule has 1 aliphatic heterocycles. The molecule has 2 N–H and O–H groups in total. The molecular weight excluding hydrogens is 448 g/mol. The number of carbonyl (C=O) groups excluding carboxylic acids is 3. The third kappa shape index (κ3) is 6.62. The molecule has 2 aromatic carbocycles. The van der Waals surface area contributed by atoms with E-state index in [-0.39, 0.29) is 17.8 Å². The molecule has 0 saturated heterocycles. The maximum Gasteiger partial charge on any atom is 0.418 e. The van der Waals surface area contributed by atoms with Gasteiger partial charge >= 0.3 is 12.2 Å². The average molecular weight is 481 g/mol. The summed E-state index contributed by atoms with van der Waals surface area (Å²) in [6.45, 7) is 10.4. The Hall–Kier alpha value is -3.81. The zero-order valence-electron chi connectivity index (χ0n) is 20.9. The predicted molar refractivity (Wildman–Crippen MR) is 133 cm³/mol. The van der Waals surface area contributed by atoms with Gasteiger partial charge in [-0.3, -0.25) is 10.1 Å². The molecule has 0 aromatic heterocycles. The summed E-state index contributed by atoms with van der Waals surface area (Å²) >= 11 is 0. The molecule has 0 fully saturated rings. The zero-order chi connectivity index (χ0) is 26.0. The van der Waals surface area contributed by atoms with Gasteiger partial charge in [0.2, 0.25) is 0 Å². The van der Waals surface area contributed by atoms with Crippen LogP contribution >= 0.6 is 0 Å². The maximum absolute atomic E-state index is 13.4. The number of nitrogens with one attached hydrogen (secondary N) is 1. The first-order valence-electron chi connectivity index (χ1n) is 11.4. The average Bonchev–Trinajstić information content (AvgIpc) is 2.96. The predicted octanol–water partition coefficient (Wildman–Crippen LogP) is 5.69. The van der Waals surface area contributed by atoms with Crippen LogP contribution in [0.1, 0.15) is 52.7 Å². The van der Waals surface area contributed by atoms with Gasteiger partial charge in [-0.2, -0.15) is 0 Å². The van der Waals surface area contributed by atoms with Gasteiger partial charge in [0.1, 0.15) is 23.0 Å². The molecule has 3 amide bonds. The van der Waals surface area contributed by atoms with Crippen molar-refractivity contribution in [1.82, 2.24) is 4.90 Å². The fraction of sp³-hybridized carbons (Fsp3) is 0.370. The second-order valence-electron chi connectivity index (χ2n) is 10.3. The molecule has 0 unspecified atom stereocenters. The number of ether oxygens (including phenoxy) is 2. The van der Waals surface area contributed by atoms with Crippen molar-refractivity contribution in [2.75, 3.05) is 5.32 Å². The SMILES string of the molecule is CC(C)(C)OC(=O)Nc1ccc(C2=C(O)[C@H](Cc3ccccc3)N(C(=O)OC(C)(C)C)C2=O)cc1. The number of aliphatic hydroxyl groups excluding tert-OH is 1. The number of aliphatic hydroxyl groups is 1. The largest absolute Gasteiger partial charge is 0.509 e. The fourth-order valence-electron chi connectivity index (χ4n) is 3.62. The van der Waals surface area contributed by atoms with Crippen LogP contribution in [0.25, 0.3) is 5.57 Å². The van der Waals surface area contributed by atoms with Crippen molar-refractivity contribution in [2.24, 2.45) is 0 Å². The molecule has 35 heavy (non-hydrogen) atoms. The summed E-state index contributed by atoms with van der Waals surface area (Å²) in [6.07, 6.45) is -1.20. The smallest absolute Gasteiger partial charge is 0.418 e. The van der Waals surface area contributed by atoms with Crippen LogP contribution in [-0.4, -0.2) is 45.3 Å². The zero-order valence-corrected chi connectivity index (χ0v) is 20.9. The minimum absolute atomic E-state index is 0.0145. The van der Waals surface area contributed by atoms with Crippen LogP contribution in [0.5, 0.6) is 0 Å². The van der Waals surface area contributed by atoms with Crippen molar-refractivity contribution in [3.05, 3.63) is 71.5 Å². The molecule has 1 heterocycles. The minimum atomic E-state index is -0.908. The van der Waals surface area contributed by atoms with Crippen molar-refractivity contribution in [3.63, 3.8) is 0 Å². The van der Waals surface area contributed by atoms with Crippen LogP contribution in [0.3, 0.4) is 0 Å². The van der Waals surface area contributed by atoms with Gasteiger partial charge in [0.15, 0.2) is 0 Å². The Balaban J connectivity index is 1.90. The van der Waals surface area contributed by atoms with E-state index in [1.807, 2.05) is 30.3 Å². The lowest BCUT2D eigenvalue weighted by molar-refractivity contribution is -0.124. The molecule has 0 radical (unpaired) electrons. The third-order valence-electron chi connectivity index (χ3n) is 5.00. The molecule has 2 aromatic rings. The van der Waals surface area contributed by atoms with E-state index in [2.05, 4.69) is 5.32 Å². The van der Waals surface area contributed by atoms with Gasteiger partial charge in [-0.25, -0.2) is 14.5 Å². The summed E-state index contributed by atoms with van der Waals surface area (Å²) in [5.41, 5.74) is 0.270. The number of anilines is 1. The van der Waals surface area contributed by atoms with Crippen molar-refractivity contribution >= 4 is 29.4 Å². The third-order valence-corrected chi connectivity index (χ3v) is 5.00. The van der Waals surface area contributed by atoms with Gasteiger partial charge in [-0.15, -0.1) is 0 Å². The number of hydrogen-bond acceptors (Lipinski definition) is 6. The Bertz CT molecular complexity index is 1130. The highest BCUT2D eigenvalue weighted by molar-refractivity contribution is 6.26. The number of nitrogens with zero attached hydrogens (tertiary/aromatic N) is 1. The van der Waals surface area contributed by atoms with Crippen LogP contribution in [0.4, 0.5) is 15.3 Å². The van der Waals surface area contributed by atoms with Crippen molar-refractivity contribution in [2.45, 2.75) is 65.2 Å². The van der Waals surface area contributed by atoms with Crippen LogP contribution in [0.2, 0.25) is 0 Å². The molecule has 186 valence electrons. The van der Waals surface area contributed by atoms with Gasteiger partial charge in [-0.05, 0) is 64.8 Å². The Morgan fingerprint density at radius 3 is 2.03 bits per heavy atom. The number of benzene rings is 2. The number of amides is 3. The quantitative estimate of drug-likeness (QED) is 0.582. The van der Waals surface area contributed by atoms with E-state index in [0.29, 0.717) is 11.3 Å². The summed E-state index contributed by atoms with van der Waals surface area (Å²) in [5, 5.41) is 13.7. The summed E-state index contributed by atoms with van der Waals surface area (Å²) in [6, 6.07) is 14.7. The highest BCUT2D eigenvalue weighted by Gasteiger charge is 2.45.